The molecule has 0 amide bonds. The minimum absolute atomic E-state index is 0.361. The lowest BCUT2D eigenvalue weighted by Gasteiger charge is -2.06. The molecule has 0 atom stereocenters. The van der Waals surface area contributed by atoms with Gasteiger partial charge in [0.2, 0.25) is 0 Å². The molecule has 82 valence electrons. The Balaban J connectivity index is 2.46. The molecule has 1 N–H and O–H groups in total. The minimum atomic E-state index is 0.361. The molecule has 1 heteroatoms. The molecule has 0 aliphatic rings. The van der Waals surface area contributed by atoms with Crippen molar-refractivity contribution in [2.75, 3.05) is 0 Å². The molecule has 0 unspecified atom stereocenters. The van der Waals surface area contributed by atoms with Gasteiger partial charge in [-0.05, 0) is 41.7 Å². The van der Waals surface area contributed by atoms with Gasteiger partial charge >= 0.3 is 0 Å². The summed E-state index contributed by atoms with van der Waals surface area (Å²) in [6.45, 7) is 4.05. The molecule has 0 fully saturated rings. The molecule has 0 aliphatic carbocycles. The van der Waals surface area contributed by atoms with E-state index < -0.39 is 0 Å². The van der Waals surface area contributed by atoms with E-state index >= 15 is 0 Å². The van der Waals surface area contributed by atoms with Gasteiger partial charge in [-0.3, -0.25) is 0 Å². The molecule has 0 saturated carbocycles. The van der Waals surface area contributed by atoms with E-state index in [1.807, 2.05) is 25.1 Å². The zero-order valence-electron chi connectivity index (χ0n) is 9.70. The molecular formula is C15H16O. The van der Waals surface area contributed by atoms with Gasteiger partial charge < -0.3 is 5.11 Å². The van der Waals surface area contributed by atoms with Crippen LogP contribution in [0.15, 0.2) is 42.5 Å². The molecule has 0 aliphatic heterocycles. The standard InChI is InChI=1S/C15H16O/c1-3-12-5-4-6-13(9-12)14-8-7-11(2)15(16)10-14/h4-10,16H,3H2,1-2H3. The van der Waals surface area contributed by atoms with Crippen LogP contribution in [0.1, 0.15) is 18.1 Å². The second kappa shape index (κ2) is 4.40. The SMILES string of the molecule is CCc1cccc(-c2ccc(C)c(O)c2)c1. The average Bonchev–Trinajstić information content (AvgIpc) is 2.33. The number of aryl methyl sites for hydroxylation is 2. The Morgan fingerprint density at radius 1 is 1.00 bits per heavy atom. The van der Waals surface area contributed by atoms with Gasteiger partial charge in [0.05, 0.1) is 0 Å². The summed E-state index contributed by atoms with van der Waals surface area (Å²) in [5.41, 5.74) is 4.46. The highest BCUT2D eigenvalue weighted by molar-refractivity contribution is 5.66. The van der Waals surface area contributed by atoms with E-state index in [9.17, 15) is 5.11 Å². The van der Waals surface area contributed by atoms with E-state index in [0.717, 1.165) is 23.1 Å². The lowest BCUT2D eigenvalue weighted by molar-refractivity contribution is 0.471. The van der Waals surface area contributed by atoms with Crippen LogP contribution < -0.4 is 0 Å². The van der Waals surface area contributed by atoms with E-state index in [1.54, 1.807) is 0 Å². The monoisotopic (exact) mass is 212 g/mol. The first-order valence-electron chi connectivity index (χ1n) is 5.59. The third kappa shape index (κ3) is 2.08. The van der Waals surface area contributed by atoms with Crippen LogP contribution in [0, 0.1) is 6.92 Å². The zero-order valence-corrected chi connectivity index (χ0v) is 9.70. The van der Waals surface area contributed by atoms with Crippen LogP contribution in [0.25, 0.3) is 11.1 Å². The quantitative estimate of drug-likeness (QED) is 0.799. The predicted octanol–water partition coefficient (Wildman–Crippen LogP) is 3.93. The summed E-state index contributed by atoms with van der Waals surface area (Å²) < 4.78 is 0. The molecule has 0 aromatic heterocycles. The second-order valence-corrected chi connectivity index (χ2v) is 4.06. The zero-order chi connectivity index (χ0) is 11.5. The summed E-state index contributed by atoms with van der Waals surface area (Å²) in [5.74, 6) is 0.361. The van der Waals surface area contributed by atoms with E-state index in [0.29, 0.717) is 5.75 Å². The van der Waals surface area contributed by atoms with Gasteiger partial charge in [-0.25, -0.2) is 0 Å². The molecule has 2 aromatic carbocycles. The highest BCUT2D eigenvalue weighted by atomic mass is 16.3. The number of hydrogen-bond acceptors (Lipinski definition) is 1. The molecule has 0 radical (unpaired) electrons. The van der Waals surface area contributed by atoms with E-state index in [1.165, 1.54) is 5.56 Å². The Bertz CT molecular complexity index is 501. The number of rotatable bonds is 2. The summed E-state index contributed by atoms with van der Waals surface area (Å²) in [5, 5.41) is 9.69. The van der Waals surface area contributed by atoms with Crippen molar-refractivity contribution < 1.29 is 5.11 Å². The molecule has 0 bridgehead atoms. The average molecular weight is 212 g/mol. The molecule has 2 rings (SSSR count). The van der Waals surface area contributed by atoms with Crippen molar-refractivity contribution in [1.82, 2.24) is 0 Å². The van der Waals surface area contributed by atoms with Crippen molar-refractivity contribution in [2.45, 2.75) is 20.3 Å². The van der Waals surface area contributed by atoms with Gasteiger partial charge in [0.15, 0.2) is 0 Å². The highest BCUT2D eigenvalue weighted by Crippen LogP contribution is 2.26. The molecule has 1 nitrogen and oxygen atoms in total. The largest absolute Gasteiger partial charge is 0.508 e. The first kappa shape index (κ1) is 10.7. The van der Waals surface area contributed by atoms with Gasteiger partial charge in [-0.15, -0.1) is 0 Å². The topological polar surface area (TPSA) is 20.2 Å². The Labute approximate surface area is 96.4 Å². The van der Waals surface area contributed by atoms with Gasteiger partial charge in [0.25, 0.3) is 0 Å². The third-order valence-electron chi connectivity index (χ3n) is 2.88. The molecular weight excluding hydrogens is 196 g/mol. The van der Waals surface area contributed by atoms with Crippen molar-refractivity contribution in [3.05, 3.63) is 53.6 Å². The maximum atomic E-state index is 9.69. The fourth-order valence-corrected chi connectivity index (χ4v) is 1.76. The van der Waals surface area contributed by atoms with Crippen molar-refractivity contribution in [3.63, 3.8) is 0 Å². The summed E-state index contributed by atoms with van der Waals surface area (Å²) in [7, 11) is 0. The Morgan fingerprint density at radius 2 is 1.75 bits per heavy atom. The number of benzene rings is 2. The first-order valence-corrected chi connectivity index (χ1v) is 5.59. The summed E-state index contributed by atoms with van der Waals surface area (Å²) in [4.78, 5) is 0. The number of phenols is 1. The van der Waals surface area contributed by atoms with Gasteiger partial charge in [-0.1, -0.05) is 43.3 Å². The van der Waals surface area contributed by atoms with Crippen LogP contribution >= 0.6 is 0 Å². The van der Waals surface area contributed by atoms with Crippen molar-refractivity contribution >= 4 is 0 Å². The Morgan fingerprint density at radius 3 is 2.44 bits per heavy atom. The molecule has 16 heavy (non-hydrogen) atoms. The molecule has 0 spiro atoms. The predicted molar refractivity (Wildman–Crippen MR) is 67.7 cm³/mol. The lowest BCUT2D eigenvalue weighted by Crippen LogP contribution is -1.83. The third-order valence-corrected chi connectivity index (χ3v) is 2.88. The fourth-order valence-electron chi connectivity index (χ4n) is 1.76. The van der Waals surface area contributed by atoms with Crippen LogP contribution in [-0.4, -0.2) is 5.11 Å². The van der Waals surface area contributed by atoms with E-state index in [-0.39, 0.29) is 0 Å². The molecule has 0 saturated heterocycles. The van der Waals surface area contributed by atoms with Crippen LogP contribution in [0.4, 0.5) is 0 Å². The second-order valence-electron chi connectivity index (χ2n) is 4.06. The van der Waals surface area contributed by atoms with Gasteiger partial charge in [-0.2, -0.15) is 0 Å². The Hall–Kier alpha value is -1.76. The summed E-state index contributed by atoms with van der Waals surface area (Å²) in [6, 6.07) is 14.2. The number of phenolic OH excluding ortho intramolecular Hbond substituents is 1. The van der Waals surface area contributed by atoms with Crippen molar-refractivity contribution in [3.8, 4) is 16.9 Å². The van der Waals surface area contributed by atoms with Crippen molar-refractivity contribution in [1.29, 1.82) is 0 Å². The summed E-state index contributed by atoms with van der Waals surface area (Å²) >= 11 is 0. The van der Waals surface area contributed by atoms with E-state index in [4.69, 9.17) is 0 Å². The van der Waals surface area contributed by atoms with Crippen LogP contribution in [0.5, 0.6) is 5.75 Å². The number of aromatic hydroxyl groups is 1. The lowest BCUT2D eigenvalue weighted by atomic mass is 10.0. The van der Waals surface area contributed by atoms with Gasteiger partial charge in [0, 0.05) is 0 Å². The molecule has 0 heterocycles. The molecule has 2 aromatic rings. The van der Waals surface area contributed by atoms with Gasteiger partial charge in [0.1, 0.15) is 5.75 Å². The fraction of sp³-hybridized carbons (Fsp3) is 0.200. The van der Waals surface area contributed by atoms with Crippen LogP contribution in [0.3, 0.4) is 0 Å². The maximum Gasteiger partial charge on any atom is 0.119 e. The van der Waals surface area contributed by atoms with Crippen LogP contribution in [-0.2, 0) is 6.42 Å². The summed E-state index contributed by atoms with van der Waals surface area (Å²) in [6.07, 6.45) is 1.03. The maximum absolute atomic E-state index is 9.69. The smallest absolute Gasteiger partial charge is 0.119 e. The van der Waals surface area contributed by atoms with Crippen LogP contribution in [0.2, 0.25) is 0 Å². The first-order chi connectivity index (χ1) is 7.70. The minimum Gasteiger partial charge on any atom is -0.508 e. The van der Waals surface area contributed by atoms with E-state index in [2.05, 4.69) is 31.2 Å². The normalized spacial score (nSPS) is 10.4. The van der Waals surface area contributed by atoms with Crippen molar-refractivity contribution in [2.24, 2.45) is 0 Å². The number of hydrogen-bond donors (Lipinski definition) is 1. The highest BCUT2D eigenvalue weighted by Gasteiger charge is 2.01. The Kier molecular flexibility index (Phi) is 2.95.